The van der Waals surface area contributed by atoms with Gasteiger partial charge < -0.3 is 5.21 Å². The summed E-state index contributed by atoms with van der Waals surface area (Å²) in [5.41, 5.74) is 2.87. The van der Waals surface area contributed by atoms with Crippen LogP contribution in [0.3, 0.4) is 0 Å². The monoisotopic (exact) mass is 303 g/mol. The van der Waals surface area contributed by atoms with Gasteiger partial charge in [-0.2, -0.15) is 10.1 Å². The first kappa shape index (κ1) is 13.4. The maximum absolute atomic E-state index is 9.66. The molecule has 23 heavy (non-hydrogen) atoms. The second-order valence-electron chi connectivity index (χ2n) is 5.13. The topological polar surface area (TPSA) is 75.7 Å². The fourth-order valence-corrected chi connectivity index (χ4v) is 2.75. The second-order valence-corrected chi connectivity index (χ2v) is 5.13. The molecule has 1 aliphatic heterocycles. The first-order valence-electron chi connectivity index (χ1n) is 7.19. The van der Waals surface area contributed by atoms with Crippen LogP contribution in [0.1, 0.15) is 17.2 Å². The molecule has 1 aliphatic rings. The zero-order chi connectivity index (χ0) is 15.6. The summed E-state index contributed by atoms with van der Waals surface area (Å²) < 4.78 is 1.66. The second kappa shape index (κ2) is 5.49. The van der Waals surface area contributed by atoms with Gasteiger partial charge in [-0.25, -0.2) is 9.67 Å². The normalized spacial score (nSPS) is 18.5. The number of aliphatic imine (C=N–C) groups is 1. The number of oxime groups is 1. The molecule has 0 unspecified atom stereocenters. The van der Waals surface area contributed by atoms with Crippen LogP contribution in [-0.4, -0.2) is 31.4 Å². The molecule has 2 heterocycles. The lowest BCUT2D eigenvalue weighted by molar-refractivity contribution is 0.316. The van der Waals surface area contributed by atoms with Gasteiger partial charge in [0.2, 0.25) is 5.95 Å². The summed E-state index contributed by atoms with van der Waals surface area (Å²) in [6.45, 7) is 0. The van der Waals surface area contributed by atoms with Gasteiger partial charge in [0.15, 0.2) is 0 Å². The molecule has 0 aliphatic carbocycles. The van der Waals surface area contributed by atoms with Gasteiger partial charge in [0, 0.05) is 5.56 Å². The Labute approximate surface area is 132 Å². The van der Waals surface area contributed by atoms with E-state index in [0.717, 1.165) is 11.1 Å². The quantitative estimate of drug-likeness (QED) is 0.584. The third-order valence-electron chi connectivity index (χ3n) is 3.78. The average molecular weight is 303 g/mol. The van der Waals surface area contributed by atoms with Crippen LogP contribution >= 0.6 is 0 Å². The van der Waals surface area contributed by atoms with Crippen molar-refractivity contribution in [2.24, 2.45) is 10.1 Å². The van der Waals surface area contributed by atoms with Gasteiger partial charge in [-0.3, -0.25) is 0 Å². The number of aromatic nitrogens is 3. The van der Waals surface area contributed by atoms with Gasteiger partial charge in [-0.05, 0) is 5.56 Å². The van der Waals surface area contributed by atoms with Crippen molar-refractivity contribution in [1.29, 1.82) is 0 Å². The molecule has 0 spiro atoms. The number of benzene rings is 2. The van der Waals surface area contributed by atoms with Crippen LogP contribution < -0.4 is 0 Å². The zero-order valence-electron chi connectivity index (χ0n) is 12.1. The van der Waals surface area contributed by atoms with Gasteiger partial charge in [-0.15, -0.1) is 0 Å². The molecule has 6 heteroatoms. The van der Waals surface area contributed by atoms with Crippen LogP contribution in [0.2, 0.25) is 0 Å². The summed E-state index contributed by atoms with van der Waals surface area (Å²) in [5, 5.41) is 17.4. The number of hydrogen-bond donors (Lipinski definition) is 1. The average Bonchev–Trinajstić information content (AvgIpc) is 3.09. The van der Waals surface area contributed by atoms with Crippen LogP contribution in [0.25, 0.3) is 0 Å². The molecule has 1 aromatic heterocycles. The number of nitrogens with zero attached hydrogens (tertiary/aromatic N) is 5. The van der Waals surface area contributed by atoms with E-state index in [1.54, 1.807) is 4.68 Å². The molecule has 0 bridgehead atoms. The van der Waals surface area contributed by atoms with E-state index in [2.05, 4.69) is 20.2 Å². The molecule has 112 valence electrons. The predicted molar refractivity (Wildman–Crippen MR) is 86.5 cm³/mol. The van der Waals surface area contributed by atoms with Crippen molar-refractivity contribution in [3.05, 3.63) is 78.1 Å². The summed E-state index contributed by atoms with van der Waals surface area (Å²) in [7, 11) is 0. The molecule has 3 aromatic rings. The van der Waals surface area contributed by atoms with Crippen LogP contribution in [0.15, 0.2) is 77.1 Å². The van der Waals surface area contributed by atoms with Gasteiger partial charge in [0.05, 0.1) is 0 Å². The Bertz CT molecular complexity index is 884. The summed E-state index contributed by atoms with van der Waals surface area (Å²) in [4.78, 5) is 8.72. The molecule has 0 saturated heterocycles. The number of fused-ring (bicyclic) bond motifs is 1. The molecule has 0 amide bonds. The maximum Gasteiger partial charge on any atom is 0.249 e. The number of rotatable bonds is 2. The van der Waals surface area contributed by atoms with Crippen molar-refractivity contribution in [2.45, 2.75) is 6.04 Å². The highest BCUT2D eigenvalue weighted by atomic mass is 16.4. The first-order valence-corrected chi connectivity index (χ1v) is 7.19. The fraction of sp³-hybridized carbons (Fsp3) is 0.0588. The van der Waals surface area contributed by atoms with Crippen molar-refractivity contribution < 1.29 is 5.21 Å². The Morgan fingerprint density at radius 3 is 2.35 bits per heavy atom. The van der Waals surface area contributed by atoms with Crippen LogP contribution in [-0.2, 0) is 0 Å². The minimum atomic E-state index is -0.369. The Morgan fingerprint density at radius 1 is 0.957 bits per heavy atom. The minimum absolute atomic E-state index is 0.369. The van der Waals surface area contributed by atoms with E-state index in [1.807, 2.05) is 60.7 Å². The van der Waals surface area contributed by atoms with Crippen molar-refractivity contribution in [3.63, 3.8) is 0 Å². The molecule has 4 rings (SSSR count). The van der Waals surface area contributed by atoms with E-state index in [0.29, 0.717) is 17.4 Å². The Morgan fingerprint density at radius 2 is 1.65 bits per heavy atom. The van der Waals surface area contributed by atoms with Gasteiger partial charge in [0.25, 0.3) is 0 Å². The summed E-state index contributed by atoms with van der Waals surface area (Å²) >= 11 is 0. The zero-order valence-corrected chi connectivity index (χ0v) is 12.1. The standard InChI is InChI=1S/C17H13N5O/c23-21-15-14(12-7-3-1-4-8-12)20-17-18-11-19-22(17)16(15)13-9-5-2-6-10-13/h1-11,16,23H/b21-15+/t16-/m1/s1. The molecular formula is C17H13N5O. The van der Waals surface area contributed by atoms with E-state index in [9.17, 15) is 5.21 Å². The largest absolute Gasteiger partial charge is 0.411 e. The fourth-order valence-electron chi connectivity index (χ4n) is 2.75. The molecule has 0 saturated carbocycles. The Balaban J connectivity index is 1.93. The lowest BCUT2D eigenvalue weighted by atomic mass is 9.94. The highest BCUT2D eigenvalue weighted by Crippen LogP contribution is 2.30. The highest BCUT2D eigenvalue weighted by Gasteiger charge is 2.33. The molecule has 1 atom stereocenters. The van der Waals surface area contributed by atoms with Crippen molar-refractivity contribution >= 4 is 17.4 Å². The molecule has 1 N–H and O–H groups in total. The molecule has 2 aromatic carbocycles. The Hall–Kier alpha value is -3.28. The highest BCUT2D eigenvalue weighted by molar-refractivity contribution is 6.50. The third-order valence-corrected chi connectivity index (χ3v) is 3.78. The van der Waals surface area contributed by atoms with E-state index in [4.69, 9.17) is 0 Å². The van der Waals surface area contributed by atoms with Crippen molar-refractivity contribution in [1.82, 2.24) is 14.8 Å². The van der Waals surface area contributed by atoms with E-state index in [1.165, 1.54) is 6.33 Å². The smallest absolute Gasteiger partial charge is 0.249 e. The van der Waals surface area contributed by atoms with Crippen molar-refractivity contribution in [3.8, 4) is 0 Å². The lowest BCUT2D eigenvalue weighted by Gasteiger charge is -2.24. The Kier molecular flexibility index (Phi) is 3.20. The predicted octanol–water partition coefficient (Wildman–Crippen LogP) is 2.83. The summed E-state index contributed by atoms with van der Waals surface area (Å²) in [6, 6.07) is 19.0. The van der Waals surface area contributed by atoms with Crippen LogP contribution in [0, 0.1) is 0 Å². The van der Waals surface area contributed by atoms with Gasteiger partial charge in [-0.1, -0.05) is 65.8 Å². The van der Waals surface area contributed by atoms with E-state index < -0.39 is 0 Å². The molecular weight excluding hydrogens is 290 g/mol. The third kappa shape index (κ3) is 2.20. The molecule has 0 fully saturated rings. The van der Waals surface area contributed by atoms with Crippen molar-refractivity contribution in [2.75, 3.05) is 0 Å². The lowest BCUT2D eigenvalue weighted by Crippen LogP contribution is -2.32. The van der Waals surface area contributed by atoms with Crippen LogP contribution in [0.4, 0.5) is 5.95 Å². The van der Waals surface area contributed by atoms with Gasteiger partial charge in [0.1, 0.15) is 23.8 Å². The minimum Gasteiger partial charge on any atom is -0.411 e. The summed E-state index contributed by atoms with van der Waals surface area (Å²) in [5.74, 6) is 0.491. The molecule has 6 nitrogen and oxygen atoms in total. The molecule has 0 radical (unpaired) electrons. The van der Waals surface area contributed by atoms with Crippen LogP contribution in [0.5, 0.6) is 0 Å². The number of hydrogen-bond acceptors (Lipinski definition) is 5. The van der Waals surface area contributed by atoms with E-state index >= 15 is 0 Å². The van der Waals surface area contributed by atoms with Gasteiger partial charge >= 0.3 is 0 Å². The SMILES string of the molecule is O/N=C1\C(c2ccccc2)=Nc2ncnn2[C@@H]1c1ccccc1. The maximum atomic E-state index is 9.66. The summed E-state index contributed by atoms with van der Waals surface area (Å²) in [6.07, 6.45) is 1.46. The first-order chi connectivity index (χ1) is 11.4. The van der Waals surface area contributed by atoms with E-state index in [-0.39, 0.29) is 6.04 Å².